The molecule has 0 radical (unpaired) electrons. The number of aromatic amines is 1. The molecule has 19 heavy (non-hydrogen) atoms. The molecule has 4 N–H and O–H groups in total. The molecule has 1 heterocycles. The summed E-state index contributed by atoms with van der Waals surface area (Å²) >= 11 is 5.24. The van der Waals surface area contributed by atoms with E-state index in [1.54, 1.807) is 0 Å². The standard InChI is InChI=1S/C14H18N4S/c1-4-11-12(17-14(15)18-13(11)19)16-10-6-5-8(2)9(3)7-10/h5-7H,4H2,1-3H3,(H4,15,16,17,18,19). The highest BCUT2D eigenvalue weighted by molar-refractivity contribution is 7.71. The van der Waals surface area contributed by atoms with Crippen molar-refractivity contribution in [2.75, 3.05) is 11.1 Å². The van der Waals surface area contributed by atoms with E-state index in [1.807, 2.05) is 13.0 Å². The molecule has 2 aromatic rings. The number of anilines is 3. The summed E-state index contributed by atoms with van der Waals surface area (Å²) < 4.78 is 0.546. The lowest BCUT2D eigenvalue weighted by Crippen LogP contribution is -2.05. The summed E-state index contributed by atoms with van der Waals surface area (Å²) in [5, 5.41) is 3.33. The number of benzene rings is 1. The van der Waals surface area contributed by atoms with Crippen LogP contribution >= 0.6 is 12.2 Å². The second kappa shape index (κ2) is 5.40. The highest BCUT2D eigenvalue weighted by Gasteiger charge is 2.06. The van der Waals surface area contributed by atoms with Crippen LogP contribution < -0.4 is 11.1 Å². The third-order valence-corrected chi connectivity index (χ3v) is 3.50. The van der Waals surface area contributed by atoms with Crippen molar-refractivity contribution in [1.29, 1.82) is 0 Å². The van der Waals surface area contributed by atoms with Gasteiger partial charge in [0.2, 0.25) is 0 Å². The summed E-state index contributed by atoms with van der Waals surface area (Å²) in [7, 11) is 0. The van der Waals surface area contributed by atoms with Gasteiger partial charge in [0.05, 0.1) is 0 Å². The zero-order chi connectivity index (χ0) is 14.0. The number of aromatic nitrogens is 2. The van der Waals surface area contributed by atoms with Gasteiger partial charge in [0, 0.05) is 11.3 Å². The number of aryl methyl sites for hydroxylation is 2. The molecule has 5 heteroatoms. The van der Waals surface area contributed by atoms with Gasteiger partial charge < -0.3 is 16.0 Å². The lowest BCUT2D eigenvalue weighted by Gasteiger charge is -2.13. The quantitative estimate of drug-likeness (QED) is 0.747. The van der Waals surface area contributed by atoms with Gasteiger partial charge in [-0.1, -0.05) is 25.2 Å². The maximum atomic E-state index is 5.72. The molecule has 4 nitrogen and oxygen atoms in total. The summed E-state index contributed by atoms with van der Waals surface area (Å²) in [6.45, 7) is 6.22. The van der Waals surface area contributed by atoms with Crippen LogP contribution in [0.15, 0.2) is 18.2 Å². The fraction of sp³-hybridized carbons (Fsp3) is 0.286. The number of nitrogens with zero attached hydrogens (tertiary/aromatic N) is 1. The Morgan fingerprint density at radius 2 is 2.05 bits per heavy atom. The Kier molecular flexibility index (Phi) is 3.85. The highest BCUT2D eigenvalue weighted by atomic mass is 32.1. The smallest absolute Gasteiger partial charge is 0.200 e. The van der Waals surface area contributed by atoms with Crippen molar-refractivity contribution in [3.05, 3.63) is 39.5 Å². The summed E-state index contributed by atoms with van der Waals surface area (Å²) in [4.78, 5) is 7.11. The molecular weight excluding hydrogens is 256 g/mol. The fourth-order valence-corrected chi connectivity index (χ4v) is 2.26. The van der Waals surface area contributed by atoms with Crippen molar-refractivity contribution in [2.24, 2.45) is 0 Å². The Hall–Kier alpha value is -1.88. The van der Waals surface area contributed by atoms with Crippen LogP contribution in [0.1, 0.15) is 23.6 Å². The first-order valence-electron chi connectivity index (χ1n) is 6.24. The van der Waals surface area contributed by atoms with Crippen molar-refractivity contribution in [3.8, 4) is 0 Å². The maximum Gasteiger partial charge on any atom is 0.200 e. The average Bonchev–Trinajstić information content (AvgIpc) is 2.33. The molecule has 0 bridgehead atoms. The van der Waals surface area contributed by atoms with E-state index < -0.39 is 0 Å². The van der Waals surface area contributed by atoms with Crippen LogP contribution in [0.5, 0.6) is 0 Å². The summed E-state index contributed by atoms with van der Waals surface area (Å²) in [5.41, 5.74) is 10.2. The second-order valence-electron chi connectivity index (χ2n) is 4.56. The first kappa shape index (κ1) is 13.5. The van der Waals surface area contributed by atoms with E-state index in [9.17, 15) is 0 Å². The number of rotatable bonds is 3. The Labute approximate surface area is 118 Å². The molecule has 0 fully saturated rings. The maximum absolute atomic E-state index is 5.72. The van der Waals surface area contributed by atoms with E-state index in [0.717, 1.165) is 23.5 Å². The third-order valence-electron chi connectivity index (χ3n) is 3.16. The van der Waals surface area contributed by atoms with Crippen LogP contribution in [0.4, 0.5) is 17.5 Å². The van der Waals surface area contributed by atoms with Crippen LogP contribution in [-0.2, 0) is 6.42 Å². The summed E-state index contributed by atoms with van der Waals surface area (Å²) in [6.07, 6.45) is 0.801. The van der Waals surface area contributed by atoms with E-state index >= 15 is 0 Å². The molecule has 1 aromatic heterocycles. The van der Waals surface area contributed by atoms with Crippen molar-refractivity contribution in [1.82, 2.24) is 9.97 Å². The zero-order valence-electron chi connectivity index (χ0n) is 11.4. The number of H-pyrrole nitrogens is 1. The molecule has 0 atom stereocenters. The number of hydrogen-bond donors (Lipinski definition) is 3. The normalized spacial score (nSPS) is 10.5. The summed E-state index contributed by atoms with van der Waals surface area (Å²) in [5.74, 6) is 1.15. The monoisotopic (exact) mass is 274 g/mol. The molecule has 0 saturated heterocycles. The number of hydrogen-bond acceptors (Lipinski definition) is 4. The molecule has 0 saturated carbocycles. The van der Waals surface area contributed by atoms with E-state index in [-0.39, 0.29) is 0 Å². The Morgan fingerprint density at radius 3 is 2.68 bits per heavy atom. The van der Waals surface area contributed by atoms with E-state index in [4.69, 9.17) is 18.0 Å². The number of nitrogens with one attached hydrogen (secondary N) is 2. The Morgan fingerprint density at radius 1 is 1.32 bits per heavy atom. The van der Waals surface area contributed by atoms with Gasteiger partial charge in [-0.2, -0.15) is 0 Å². The summed E-state index contributed by atoms with van der Waals surface area (Å²) in [6, 6.07) is 6.22. The van der Waals surface area contributed by atoms with Gasteiger partial charge in [0.25, 0.3) is 0 Å². The molecule has 0 spiro atoms. The van der Waals surface area contributed by atoms with Crippen LogP contribution in [0.2, 0.25) is 0 Å². The average molecular weight is 274 g/mol. The molecule has 0 unspecified atom stereocenters. The van der Waals surface area contributed by atoms with Gasteiger partial charge in [0.15, 0.2) is 5.95 Å². The topological polar surface area (TPSA) is 66.7 Å². The minimum absolute atomic E-state index is 0.327. The van der Waals surface area contributed by atoms with Crippen LogP contribution in [0.25, 0.3) is 0 Å². The second-order valence-corrected chi connectivity index (χ2v) is 4.95. The first-order valence-corrected chi connectivity index (χ1v) is 6.65. The molecule has 0 aliphatic rings. The van der Waals surface area contributed by atoms with Crippen LogP contribution in [0, 0.1) is 18.5 Å². The highest BCUT2D eigenvalue weighted by Crippen LogP contribution is 2.22. The number of nitrogen functional groups attached to an aromatic ring is 1. The zero-order valence-corrected chi connectivity index (χ0v) is 12.2. The molecule has 0 aliphatic heterocycles. The minimum Gasteiger partial charge on any atom is -0.369 e. The predicted octanol–water partition coefficient (Wildman–Crippen LogP) is 3.64. The SMILES string of the molecule is CCc1c(Nc2ccc(C)c(C)c2)[nH]c(N)nc1=S. The fourth-order valence-electron chi connectivity index (χ4n) is 1.91. The van der Waals surface area contributed by atoms with Gasteiger partial charge in [-0.15, -0.1) is 0 Å². The predicted molar refractivity (Wildman–Crippen MR) is 82.4 cm³/mol. The van der Waals surface area contributed by atoms with E-state index in [1.165, 1.54) is 11.1 Å². The van der Waals surface area contributed by atoms with E-state index in [0.29, 0.717) is 10.6 Å². The molecule has 0 aliphatic carbocycles. The van der Waals surface area contributed by atoms with Gasteiger partial charge in [-0.05, 0) is 43.5 Å². The molecule has 2 rings (SSSR count). The van der Waals surface area contributed by atoms with Gasteiger partial charge in [-0.25, -0.2) is 4.98 Å². The number of nitrogens with two attached hydrogens (primary N) is 1. The Bertz CT molecular complexity index is 661. The molecule has 100 valence electrons. The first-order chi connectivity index (χ1) is 9.01. The lowest BCUT2D eigenvalue weighted by molar-refractivity contribution is 1.04. The van der Waals surface area contributed by atoms with Crippen LogP contribution in [-0.4, -0.2) is 9.97 Å². The molecular formula is C14H18N4S. The third kappa shape index (κ3) is 2.93. The minimum atomic E-state index is 0.327. The van der Waals surface area contributed by atoms with Crippen LogP contribution in [0.3, 0.4) is 0 Å². The van der Waals surface area contributed by atoms with Crippen molar-refractivity contribution in [2.45, 2.75) is 27.2 Å². The van der Waals surface area contributed by atoms with Gasteiger partial charge >= 0.3 is 0 Å². The largest absolute Gasteiger partial charge is 0.369 e. The van der Waals surface area contributed by atoms with Crippen molar-refractivity contribution >= 4 is 29.7 Å². The van der Waals surface area contributed by atoms with E-state index in [2.05, 4.69) is 41.3 Å². The molecule has 0 amide bonds. The Balaban J connectivity index is 2.42. The van der Waals surface area contributed by atoms with Crippen molar-refractivity contribution < 1.29 is 0 Å². The van der Waals surface area contributed by atoms with Gasteiger partial charge in [-0.3, -0.25) is 0 Å². The lowest BCUT2D eigenvalue weighted by atomic mass is 10.1. The molecule has 1 aromatic carbocycles. The van der Waals surface area contributed by atoms with Crippen molar-refractivity contribution in [3.63, 3.8) is 0 Å². The van der Waals surface area contributed by atoms with Gasteiger partial charge in [0.1, 0.15) is 10.5 Å².